The normalized spacial score (nSPS) is 18.3. The van der Waals surface area contributed by atoms with Gasteiger partial charge in [-0.05, 0) is 26.7 Å². The number of esters is 1. The van der Waals surface area contributed by atoms with Gasteiger partial charge in [0.2, 0.25) is 0 Å². The van der Waals surface area contributed by atoms with Gasteiger partial charge in [-0.1, -0.05) is 5.21 Å². The van der Waals surface area contributed by atoms with E-state index in [1.54, 1.807) is 11.3 Å². The molecule has 0 spiro atoms. The molecule has 0 fully saturated rings. The van der Waals surface area contributed by atoms with Crippen LogP contribution in [-0.2, 0) is 16.0 Å². The lowest BCUT2D eigenvalue weighted by Gasteiger charge is -2.09. The summed E-state index contributed by atoms with van der Waals surface area (Å²) in [4.78, 5) is 17.6. The second-order valence-corrected chi connectivity index (χ2v) is 5.89. The molecule has 1 aliphatic carbocycles. The van der Waals surface area contributed by atoms with Gasteiger partial charge in [-0.3, -0.25) is 4.79 Å². The summed E-state index contributed by atoms with van der Waals surface area (Å²) in [5.74, 6) is 0.166. The third kappa shape index (κ3) is 2.73. The molecular formula is C12H16N6O2S. The third-order valence-electron chi connectivity index (χ3n) is 3.38. The van der Waals surface area contributed by atoms with E-state index in [0.717, 1.165) is 28.5 Å². The average Bonchev–Trinajstić information content (AvgIpc) is 3.14. The Labute approximate surface area is 125 Å². The Kier molecular flexibility index (Phi) is 3.82. The largest absolute Gasteiger partial charge is 0.465 e. The molecule has 0 radical (unpaired) electrons. The number of H-pyrrole nitrogens is 1. The first-order valence-electron chi connectivity index (χ1n) is 6.85. The lowest BCUT2D eigenvalue weighted by Crippen LogP contribution is -2.14. The predicted octanol–water partition coefficient (Wildman–Crippen LogP) is 1.42. The number of carbonyl (C=O) groups excluding carboxylic acids is 1. The van der Waals surface area contributed by atoms with Crippen molar-refractivity contribution >= 4 is 22.4 Å². The van der Waals surface area contributed by atoms with Gasteiger partial charge in [0.25, 0.3) is 0 Å². The molecule has 0 aliphatic heterocycles. The van der Waals surface area contributed by atoms with Gasteiger partial charge in [-0.25, -0.2) is 4.98 Å². The first-order valence-corrected chi connectivity index (χ1v) is 7.66. The van der Waals surface area contributed by atoms with Crippen LogP contribution in [0.2, 0.25) is 0 Å². The van der Waals surface area contributed by atoms with Crippen molar-refractivity contribution < 1.29 is 9.53 Å². The molecule has 0 bridgehead atoms. The second kappa shape index (κ2) is 5.76. The molecule has 9 heteroatoms. The zero-order valence-electron chi connectivity index (χ0n) is 11.8. The highest BCUT2D eigenvalue weighted by Gasteiger charge is 2.33. The Morgan fingerprint density at radius 3 is 3.19 bits per heavy atom. The summed E-state index contributed by atoms with van der Waals surface area (Å²) in [6.07, 6.45) is 1.66. The molecule has 0 saturated heterocycles. The first kappa shape index (κ1) is 13.9. The van der Waals surface area contributed by atoms with Gasteiger partial charge in [-0.2, -0.15) is 5.21 Å². The van der Waals surface area contributed by atoms with Crippen LogP contribution in [0.15, 0.2) is 0 Å². The van der Waals surface area contributed by atoms with Crippen molar-refractivity contribution in [1.82, 2.24) is 25.6 Å². The minimum atomic E-state index is -0.229. The van der Waals surface area contributed by atoms with Crippen molar-refractivity contribution in [1.29, 1.82) is 0 Å². The number of hydrogen-bond donors (Lipinski definition) is 2. The smallest absolute Gasteiger partial charge is 0.315 e. The SMILES string of the molecule is CCOC(=O)C1CCc2sc(NC(C)c3nn[nH]n3)nc21. The minimum Gasteiger partial charge on any atom is -0.465 e. The highest BCUT2D eigenvalue weighted by atomic mass is 32.1. The van der Waals surface area contributed by atoms with Crippen LogP contribution in [0.3, 0.4) is 0 Å². The van der Waals surface area contributed by atoms with Crippen molar-refractivity contribution in [2.24, 2.45) is 0 Å². The van der Waals surface area contributed by atoms with Gasteiger partial charge < -0.3 is 10.1 Å². The van der Waals surface area contributed by atoms with Crippen molar-refractivity contribution in [3.05, 3.63) is 16.4 Å². The number of aromatic nitrogens is 5. The van der Waals surface area contributed by atoms with Crippen molar-refractivity contribution in [3.8, 4) is 0 Å². The molecular weight excluding hydrogens is 292 g/mol. The maximum Gasteiger partial charge on any atom is 0.315 e. The molecule has 0 aromatic carbocycles. The van der Waals surface area contributed by atoms with Crippen LogP contribution in [0.1, 0.15) is 48.6 Å². The summed E-state index contributed by atoms with van der Waals surface area (Å²) in [5.41, 5.74) is 0.848. The standard InChI is InChI=1S/C12H16N6O2S/c1-3-20-11(19)7-4-5-8-9(7)14-12(21-8)13-6(2)10-15-17-18-16-10/h6-7H,3-5H2,1-2H3,(H,13,14)(H,15,16,17,18). The Hall–Kier alpha value is -2.03. The number of fused-ring (bicyclic) bond motifs is 1. The number of ether oxygens (including phenoxy) is 1. The number of aromatic amines is 1. The third-order valence-corrected chi connectivity index (χ3v) is 4.44. The van der Waals surface area contributed by atoms with Gasteiger partial charge in [0, 0.05) is 4.88 Å². The van der Waals surface area contributed by atoms with E-state index in [9.17, 15) is 4.79 Å². The van der Waals surface area contributed by atoms with Crippen LogP contribution < -0.4 is 5.32 Å². The van der Waals surface area contributed by atoms with Crippen LogP contribution in [-0.4, -0.2) is 38.2 Å². The number of nitrogens with zero attached hydrogens (tertiary/aromatic N) is 4. The van der Waals surface area contributed by atoms with Crippen molar-refractivity contribution in [3.63, 3.8) is 0 Å². The molecule has 1 aliphatic rings. The molecule has 112 valence electrons. The summed E-state index contributed by atoms with van der Waals surface area (Å²) in [5, 5.41) is 17.8. The number of anilines is 1. The number of carbonyl (C=O) groups is 1. The second-order valence-electron chi connectivity index (χ2n) is 4.81. The number of rotatable bonds is 5. The quantitative estimate of drug-likeness (QED) is 0.805. The Balaban J connectivity index is 1.73. The van der Waals surface area contributed by atoms with Crippen LogP contribution in [0.4, 0.5) is 5.13 Å². The van der Waals surface area contributed by atoms with E-state index in [4.69, 9.17) is 4.74 Å². The summed E-state index contributed by atoms with van der Waals surface area (Å²) in [6, 6.07) is -0.101. The number of thiazole rings is 1. The van der Waals surface area contributed by atoms with Crippen LogP contribution in [0.5, 0.6) is 0 Å². The summed E-state index contributed by atoms with van der Waals surface area (Å²) in [7, 11) is 0. The Morgan fingerprint density at radius 2 is 2.48 bits per heavy atom. The summed E-state index contributed by atoms with van der Waals surface area (Å²) >= 11 is 1.57. The van der Waals surface area contributed by atoms with Crippen LogP contribution in [0.25, 0.3) is 0 Å². The molecule has 2 aromatic rings. The minimum absolute atomic E-state index is 0.101. The van der Waals surface area contributed by atoms with Crippen molar-refractivity contribution in [2.75, 3.05) is 11.9 Å². The molecule has 2 aromatic heterocycles. The first-order chi connectivity index (χ1) is 10.2. The Bertz CT molecular complexity index is 626. The number of tetrazole rings is 1. The van der Waals surface area contributed by atoms with E-state index >= 15 is 0 Å². The van der Waals surface area contributed by atoms with Crippen LogP contribution >= 0.6 is 11.3 Å². The molecule has 2 atom stereocenters. The monoisotopic (exact) mass is 308 g/mol. The van der Waals surface area contributed by atoms with Gasteiger partial charge in [0.05, 0.1) is 18.3 Å². The van der Waals surface area contributed by atoms with Gasteiger partial charge in [-0.15, -0.1) is 21.5 Å². The lowest BCUT2D eigenvalue weighted by atomic mass is 10.1. The van der Waals surface area contributed by atoms with Gasteiger partial charge in [0.15, 0.2) is 11.0 Å². The Morgan fingerprint density at radius 1 is 1.62 bits per heavy atom. The maximum absolute atomic E-state index is 11.9. The summed E-state index contributed by atoms with van der Waals surface area (Å²) in [6.45, 7) is 4.14. The molecule has 2 N–H and O–H groups in total. The molecule has 2 heterocycles. The number of aryl methyl sites for hydroxylation is 1. The molecule has 2 unspecified atom stereocenters. The fraction of sp³-hybridized carbons (Fsp3) is 0.583. The highest BCUT2D eigenvalue weighted by Crippen LogP contribution is 2.39. The van der Waals surface area contributed by atoms with E-state index in [1.165, 1.54) is 0 Å². The zero-order valence-corrected chi connectivity index (χ0v) is 12.6. The van der Waals surface area contributed by atoms with E-state index in [0.29, 0.717) is 12.4 Å². The molecule has 0 saturated carbocycles. The fourth-order valence-corrected chi connectivity index (χ4v) is 3.49. The van der Waals surface area contributed by atoms with E-state index in [2.05, 4.69) is 30.9 Å². The molecule has 3 rings (SSSR count). The molecule has 0 amide bonds. The zero-order chi connectivity index (χ0) is 14.8. The predicted molar refractivity (Wildman–Crippen MR) is 76.0 cm³/mol. The molecule has 8 nitrogen and oxygen atoms in total. The van der Waals surface area contributed by atoms with Crippen LogP contribution in [0, 0.1) is 0 Å². The summed E-state index contributed by atoms with van der Waals surface area (Å²) < 4.78 is 5.10. The van der Waals surface area contributed by atoms with Crippen molar-refractivity contribution in [2.45, 2.75) is 38.6 Å². The highest BCUT2D eigenvalue weighted by molar-refractivity contribution is 7.15. The van der Waals surface area contributed by atoms with E-state index in [-0.39, 0.29) is 17.9 Å². The van der Waals surface area contributed by atoms with Gasteiger partial charge in [0.1, 0.15) is 5.92 Å². The average molecular weight is 308 g/mol. The molecule has 21 heavy (non-hydrogen) atoms. The van der Waals surface area contributed by atoms with Gasteiger partial charge >= 0.3 is 5.97 Å². The maximum atomic E-state index is 11.9. The fourth-order valence-electron chi connectivity index (χ4n) is 2.36. The number of nitrogens with one attached hydrogen (secondary N) is 2. The number of hydrogen-bond acceptors (Lipinski definition) is 8. The van der Waals surface area contributed by atoms with E-state index in [1.807, 2.05) is 13.8 Å². The lowest BCUT2D eigenvalue weighted by molar-refractivity contribution is -0.145. The van der Waals surface area contributed by atoms with E-state index < -0.39 is 0 Å². The topological polar surface area (TPSA) is 106 Å².